The lowest BCUT2D eigenvalue weighted by atomic mass is 10.5. The average molecular weight is 231 g/mol. The van der Waals surface area contributed by atoms with Crippen LogP contribution in [-0.4, -0.2) is 31.0 Å². The molecule has 0 amide bonds. The lowest BCUT2D eigenvalue weighted by Gasteiger charge is -2.24. The van der Waals surface area contributed by atoms with Gasteiger partial charge in [-0.15, -0.1) is 0 Å². The molecule has 0 heterocycles. The van der Waals surface area contributed by atoms with Crippen LogP contribution in [0, 0.1) is 0 Å². The normalized spacial score (nSPS) is 12.0. The van der Waals surface area contributed by atoms with Gasteiger partial charge in [0, 0.05) is 0 Å². The van der Waals surface area contributed by atoms with E-state index in [4.69, 9.17) is 0 Å². The SMILES string of the molecule is CCCN[Si](C)C(C)[Si](C)NCCC. The molecule has 0 rings (SSSR count). The topological polar surface area (TPSA) is 24.1 Å². The Morgan fingerprint density at radius 1 is 0.929 bits per heavy atom. The van der Waals surface area contributed by atoms with Gasteiger partial charge in [0.25, 0.3) is 0 Å². The minimum Gasteiger partial charge on any atom is -0.338 e. The van der Waals surface area contributed by atoms with E-state index in [-0.39, 0.29) is 17.9 Å². The molecular formula is C10H26N2Si2. The third kappa shape index (κ3) is 5.95. The first-order chi connectivity index (χ1) is 6.63. The molecule has 0 aliphatic carbocycles. The molecule has 0 bridgehead atoms. The van der Waals surface area contributed by atoms with E-state index in [1.807, 2.05) is 0 Å². The van der Waals surface area contributed by atoms with Crippen molar-refractivity contribution in [3.8, 4) is 0 Å². The van der Waals surface area contributed by atoms with E-state index < -0.39 is 0 Å². The quantitative estimate of drug-likeness (QED) is 0.625. The Labute approximate surface area is 93.2 Å². The molecule has 0 saturated heterocycles. The first-order valence-corrected chi connectivity index (χ1v) is 9.93. The molecule has 2 nitrogen and oxygen atoms in total. The highest BCUT2D eigenvalue weighted by Gasteiger charge is 2.21. The lowest BCUT2D eigenvalue weighted by Crippen LogP contribution is -2.46. The van der Waals surface area contributed by atoms with Crippen molar-refractivity contribution in [3.05, 3.63) is 0 Å². The van der Waals surface area contributed by atoms with Crippen molar-refractivity contribution < 1.29 is 0 Å². The summed E-state index contributed by atoms with van der Waals surface area (Å²) < 4.78 is 0. The Morgan fingerprint density at radius 2 is 1.29 bits per heavy atom. The van der Waals surface area contributed by atoms with Gasteiger partial charge in [0.2, 0.25) is 0 Å². The molecule has 0 unspecified atom stereocenters. The summed E-state index contributed by atoms with van der Waals surface area (Å²) in [7, 11) is -0.653. The zero-order valence-electron chi connectivity index (χ0n) is 10.4. The van der Waals surface area contributed by atoms with E-state index >= 15 is 0 Å². The maximum absolute atomic E-state index is 3.68. The van der Waals surface area contributed by atoms with Crippen LogP contribution in [0.15, 0.2) is 0 Å². The summed E-state index contributed by atoms with van der Waals surface area (Å²) in [6.45, 7) is 14.1. The van der Waals surface area contributed by atoms with Crippen LogP contribution < -0.4 is 9.96 Å². The monoisotopic (exact) mass is 230 g/mol. The fraction of sp³-hybridized carbons (Fsp3) is 1.00. The van der Waals surface area contributed by atoms with Crippen LogP contribution in [0.3, 0.4) is 0 Å². The third-order valence-electron chi connectivity index (χ3n) is 2.61. The Kier molecular flexibility index (Phi) is 8.86. The van der Waals surface area contributed by atoms with Gasteiger partial charge in [-0.1, -0.05) is 33.9 Å². The van der Waals surface area contributed by atoms with Gasteiger partial charge in [-0.2, -0.15) is 0 Å². The summed E-state index contributed by atoms with van der Waals surface area (Å²) >= 11 is 0. The smallest absolute Gasteiger partial charge is 0.131 e. The van der Waals surface area contributed by atoms with Gasteiger partial charge in [0.1, 0.15) is 17.9 Å². The molecule has 0 aromatic rings. The minimum atomic E-state index is -0.326. The second-order valence-corrected chi connectivity index (χ2v) is 9.69. The van der Waals surface area contributed by atoms with Crippen molar-refractivity contribution in [3.63, 3.8) is 0 Å². The van der Waals surface area contributed by atoms with Gasteiger partial charge in [-0.3, -0.25) is 0 Å². The summed E-state index contributed by atoms with van der Waals surface area (Å²) in [4.78, 5) is 7.35. The molecule has 2 radical (unpaired) electrons. The molecule has 14 heavy (non-hydrogen) atoms. The molecule has 2 N–H and O–H groups in total. The summed E-state index contributed by atoms with van der Waals surface area (Å²) in [5.41, 5.74) is 0. The molecule has 0 aromatic heterocycles. The summed E-state index contributed by atoms with van der Waals surface area (Å²) in [6.07, 6.45) is 2.51. The number of nitrogens with one attached hydrogen (secondary N) is 2. The maximum Gasteiger partial charge on any atom is 0.131 e. The number of rotatable bonds is 8. The fourth-order valence-electron chi connectivity index (χ4n) is 1.28. The number of hydrogen-bond donors (Lipinski definition) is 2. The van der Waals surface area contributed by atoms with Gasteiger partial charge in [0.05, 0.1) is 0 Å². The minimum absolute atomic E-state index is 0.326. The first kappa shape index (κ1) is 14.4. The van der Waals surface area contributed by atoms with Crippen molar-refractivity contribution in [2.45, 2.75) is 51.9 Å². The molecular weight excluding hydrogens is 204 g/mol. The van der Waals surface area contributed by atoms with E-state index in [0.29, 0.717) is 0 Å². The Balaban J connectivity index is 3.72. The van der Waals surface area contributed by atoms with Gasteiger partial charge in [0.15, 0.2) is 0 Å². The van der Waals surface area contributed by atoms with E-state index in [0.717, 1.165) is 5.16 Å². The van der Waals surface area contributed by atoms with E-state index in [1.165, 1.54) is 25.9 Å². The van der Waals surface area contributed by atoms with Crippen LogP contribution in [0.25, 0.3) is 0 Å². The highest BCUT2D eigenvalue weighted by molar-refractivity contribution is 6.76. The Hall–Kier alpha value is 0.354. The highest BCUT2D eigenvalue weighted by Crippen LogP contribution is 2.09. The van der Waals surface area contributed by atoms with Crippen molar-refractivity contribution in [1.29, 1.82) is 0 Å². The lowest BCUT2D eigenvalue weighted by molar-refractivity contribution is 0.825. The third-order valence-corrected chi connectivity index (χ3v) is 9.42. The average Bonchev–Trinajstić information content (AvgIpc) is 2.21. The Bertz CT molecular complexity index is 119. The second kappa shape index (κ2) is 8.65. The predicted octanol–water partition coefficient (Wildman–Crippen LogP) is 2.16. The van der Waals surface area contributed by atoms with Gasteiger partial charge in [-0.25, -0.2) is 0 Å². The van der Waals surface area contributed by atoms with Crippen molar-refractivity contribution in [2.24, 2.45) is 0 Å². The van der Waals surface area contributed by atoms with Crippen molar-refractivity contribution >= 4 is 17.9 Å². The first-order valence-electron chi connectivity index (χ1n) is 5.78. The highest BCUT2D eigenvalue weighted by atomic mass is 28.3. The van der Waals surface area contributed by atoms with Crippen LogP contribution in [-0.2, 0) is 0 Å². The molecule has 0 atom stereocenters. The summed E-state index contributed by atoms with van der Waals surface area (Å²) in [5, 5.41) is 0.892. The van der Waals surface area contributed by atoms with Crippen LogP contribution in [0.4, 0.5) is 0 Å². The summed E-state index contributed by atoms with van der Waals surface area (Å²) in [6, 6.07) is 0. The van der Waals surface area contributed by atoms with Gasteiger partial charge < -0.3 is 9.96 Å². The van der Waals surface area contributed by atoms with Crippen LogP contribution in [0.2, 0.25) is 18.3 Å². The van der Waals surface area contributed by atoms with E-state index in [2.05, 4.69) is 43.8 Å². The molecule has 4 heteroatoms. The van der Waals surface area contributed by atoms with Gasteiger partial charge >= 0.3 is 0 Å². The van der Waals surface area contributed by atoms with Crippen LogP contribution >= 0.6 is 0 Å². The molecule has 0 saturated carbocycles. The van der Waals surface area contributed by atoms with Gasteiger partial charge in [-0.05, 0) is 31.1 Å². The van der Waals surface area contributed by atoms with E-state index in [9.17, 15) is 0 Å². The number of hydrogen-bond acceptors (Lipinski definition) is 2. The largest absolute Gasteiger partial charge is 0.338 e. The Morgan fingerprint density at radius 3 is 1.57 bits per heavy atom. The molecule has 0 fully saturated rings. The molecule has 0 aliphatic heterocycles. The zero-order chi connectivity index (χ0) is 11.0. The van der Waals surface area contributed by atoms with Crippen LogP contribution in [0.5, 0.6) is 0 Å². The van der Waals surface area contributed by atoms with Crippen LogP contribution in [0.1, 0.15) is 33.6 Å². The van der Waals surface area contributed by atoms with E-state index in [1.54, 1.807) is 0 Å². The molecule has 0 aromatic carbocycles. The second-order valence-electron chi connectivity index (χ2n) is 3.94. The maximum atomic E-state index is 3.68. The fourth-order valence-corrected chi connectivity index (χ4v) is 6.39. The molecule has 84 valence electrons. The van der Waals surface area contributed by atoms with Crippen molar-refractivity contribution in [2.75, 3.05) is 13.1 Å². The molecule has 0 spiro atoms. The zero-order valence-corrected chi connectivity index (χ0v) is 12.4. The molecule has 0 aliphatic rings. The standard InChI is InChI=1S/C10H26N2Si2/c1-6-8-11-13(4)10(3)14(5)12-9-7-2/h10-12H,6-9H2,1-5H3. The predicted molar refractivity (Wildman–Crippen MR) is 69.2 cm³/mol. The van der Waals surface area contributed by atoms with Crippen molar-refractivity contribution in [1.82, 2.24) is 9.96 Å². The summed E-state index contributed by atoms with van der Waals surface area (Å²) in [5.74, 6) is 0.